The third-order valence-corrected chi connectivity index (χ3v) is 5.00. The zero-order valence-electron chi connectivity index (χ0n) is 17.2. The van der Waals surface area contributed by atoms with Crippen molar-refractivity contribution in [2.24, 2.45) is 0 Å². The fraction of sp³-hybridized carbons (Fsp3) is 0.304. The van der Waals surface area contributed by atoms with Gasteiger partial charge >= 0.3 is 6.18 Å². The molecule has 0 bridgehead atoms. The quantitative estimate of drug-likeness (QED) is 0.540. The maximum atomic E-state index is 12.8. The van der Waals surface area contributed by atoms with Gasteiger partial charge in [-0.25, -0.2) is 0 Å². The van der Waals surface area contributed by atoms with Crippen LogP contribution in [0.4, 0.5) is 13.2 Å². The molecule has 5 nitrogen and oxygen atoms in total. The van der Waals surface area contributed by atoms with E-state index in [-0.39, 0.29) is 11.9 Å². The number of benzene rings is 2. The fourth-order valence-electron chi connectivity index (χ4n) is 3.34. The van der Waals surface area contributed by atoms with Gasteiger partial charge in [-0.3, -0.25) is 10.1 Å². The lowest BCUT2D eigenvalue weighted by Crippen LogP contribution is -2.38. The van der Waals surface area contributed by atoms with Crippen molar-refractivity contribution in [1.29, 1.82) is 0 Å². The number of hydrogen-bond donors (Lipinski definition) is 2. The Labute approximate surface area is 178 Å². The Morgan fingerprint density at radius 3 is 2.32 bits per heavy atom. The van der Waals surface area contributed by atoms with E-state index >= 15 is 0 Å². The lowest BCUT2D eigenvalue weighted by atomic mass is 9.99. The number of amides is 1. The number of aryl methyl sites for hydroxylation is 2. The summed E-state index contributed by atoms with van der Waals surface area (Å²) in [6.45, 7) is 1.80. The molecular formula is C23H24F3N3O2. The number of aromatic nitrogens is 1. The summed E-state index contributed by atoms with van der Waals surface area (Å²) in [6, 6.07) is 15.2. The van der Waals surface area contributed by atoms with Crippen molar-refractivity contribution >= 4 is 5.91 Å². The third kappa shape index (κ3) is 5.95. The molecule has 8 heteroatoms. The Morgan fingerprint density at radius 1 is 1.10 bits per heavy atom. The van der Waals surface area contributed by atoms with Gasteiger partial charge in [0.2, 0.25) is 5.91 Å². The molecule has 0 aliphatic rings. The van der Waals surface area contributed by atoms with Crippen molar-refractivity contribution in [2.45, 2.75) is 38.0 Å². The number of halogens is 3. The van der Waals surface area contributed by atoms with Crippen molar-refractivity contribution in [1.82, 2.24) is 15.8 Å². The van der Waals surface area contributed by atoms with Gasteiger partial charge in [0.15, 0.2) is 5.76 Å². The molecule has 0 saturated heterocycles. The standard InChI is InChI=1S/C23H24F3N3O2/c1-15-14-20(31-29-15)19(13-10-16-8-11-18(12-9-16)23(24,25)26)28-21(22(30)27-2)17-6-4-3-5-7-17/h3-9,11-12,14,19,21,28H,10,13H2,1-2H3,(H,27,30). The molecular weight excluding hydrogens is 407 g/mol. The van der Waals surface area contributed by atoms with Gasteiger partial charge in [-0.15, -0.1) is 0 Å². The van der Waals surface area contributed by atoms with Gasteiger partial charge in [-0.1, -0.05) is 47.6 Å². The van der Waals surface area contributed by atoms with Crippen LogP contribution in [-0.2, 0) is 17.4 Å². The Bertz CT molecular complexity index is 985. The van der Waals surface area contributed by atoms with Gasteiger partial charge < -0.3 is 9.84 Å². The molecule has 3 rings (SSSR count). The summed E-state index contributed by atoms with van der Waals surface area (Å²) >= 11 is 0. The summed E-state index contributed by atoms with van der Waals surface area (Å²) in [7, 11) is 1.57. The first-order chi connectivity index (χ1) is 14.8. The molecule has 0 spiro atoms. The van der Waals surface area contributed by atoms with E-state index in [1.54, 1.807) is 20.0 Å². The minimum absolute atomic E-state index is 0.207. The Balaban J connectivity index is 1.80. The van der Waals surface area contributed by atoms with Crippen LogP contribution >= 0.6 is 0 Å². The van der Waals surface area contributed by atoms with Gasteiger partial charge in [-0.05, 0) is 43.0 Å². The van der Waals surface area contributed by atoms with Crippen LogP contribution in [0.1, 0.15) is 46.6 Å². The molecule has 0 fully saturated rings. The molecule has 0 radical (unpaired) electrons. The van der Waals surface area contributed by atoms with Crippen molar-refractivity contribution in [2.75, 3.05) is 7.05 Å². The van der Waals surface area contributed by atoms with E-state index in [1.165, 1.54) is 12.1 Å². The zero-order valence-corrected chi connectivity index (χ0v) is 17.2. The van der Waals surface area contributed by atoms with Gasteiger partial charge in [0.1, 0.15) is 6.04 Å². The van der Waals surface area contributed by atoms with Crippen molar-refractivity contribution in [3.05, 3.63) is 88.8 Å². The highest BCUT2D eigenvalue weighted by atomic mass is 19.4. The van der Waals surface area contributed by atoms with E-state index in [1.807, 2.05) is 30.3 Å². The van der Waals surface area contributed by atoms with Crippen LogP contribution in [0.5, 0.6) is 0 Å². The summed E-state index contributed by atoms with van der Waals surface area (Å²) in [4.78, 5) is 12.6. The number of likely N-dealkylation sites (N-methyl/N-ethyl adjacent to an activating group) is 1. The van der Waals surface area contributed by atoms with E-state index in [0.717, 1.165) is 23.3 Å². The first-order valence-electron chi connectivity index (χ1n) is 9.90. The molecule has 3 aromatic rings. The number of nitrogens with one attached hydrogen (secondary N) is 2. The van der Waals surface area contributed by atoms with Crippen LogP contribution in [0.15, 0.2) is 65.2 Å². The maximum absolute atomic E-state index is 12.8. The number of carbonyl (C=O) groups excluding carboxylic acids is 1. The van der Waals surface area contributed by atoms with Crippen LogP contribution < -0.4 is 10.6 Å². The molecule has 2 unspecified atom stereocenters. The van der Waals surface area contributed by atoms with Crippen LogP contribution in [0.2, 0.25) is 0 Å². The normalized spacial score (nSPS) is 13.6. The summed E-state index contributed by atoms with van der Waals surface area (Å²) in [6.07, 6.45) is -3.37. The first-order valence-corrected chi connectivity index (χ1v) is 9.90. The molecule has 31 heavy (non-hydrogen) atoms. The topological polar surface area (TPSA) is 67.2 Å². The predicted molar refractivity (Wildman–Crippen MR) is 110 cm³/mol. The largest absolute Gasteiger partial charge is 0.416 e. The zero-order chi connectivity index (χ0) is 22.4. The second-order valence-electron chi connectivity index (χ2n) is 7.28. The summed E-state index contributed by atoms with van der Waals surface area (Å²) in [5.74, 6) is 0.358. The van der Waals surface area contributed by atoms with Crippen LogP contribution in [0.3, 0.4) is 0 Å². The summed E-state index contributed by atoms with van der Waals surface area (Å²) < 4.78 is 43.8. The van der Waals surface area contributed by atoms with E-state index in [2.05, 4.69) is 15.8 Å². The van der Waals surface area contributed by atoms with Crippen LogP contribution in [0, 0.1) is 6.92 Å². The second kappa shape index (κ2) is 9.78. The number of carbonyl (C=O) groups is 1. The van der Waals surface area contributed by atoms with Gasteiger partial charge in [0.05, 0.1) is 17.3 Å². The molecule has 2 aromatic carbocycles. The van der Waals surface area contributed by atoms with Crippen LogP contribution in [0.25, 0.3) is 0 Å². The summed E-state index contributed by atoms with van der Waals surface area (Å²) in [5, 5.41) is 9.93. The predicted octanol–water partition coefficient (Wildman–Crippen LogP) is 4.75. The Kier molecular flexibility index (Phi) is 7.12. The van der Waals surface area contributed by atoms with Gasteiger partial charge in [0, 0.05) is 13.1 Å². The fourth-order valence-corrected chi connectivity index (χ4v) is 3.34. The molecule has 1 heterocycles. The molecule has 2 N–H and O–H groups in total. The van der Waals surface area contributed by atoms with E-state index < -0.39 is 17.8 Å². The van der Waals surface area contributed by atoms with E-state index in [0.29, 0.717) is 24.3 Å². The van der Waals surface area contributed by atoms with Gasteiger partial charge in [-0.2, -0.15) is 13.2 Å². The first kappa shape index (κ1) is 22.6. The molecule has 0 aliphatic heterocycles. The highest BCUT2D eigenvalue weighted by Crippen LogP contribution is 2.30. The van der Waals surface area contributed by atoms with Crippen molar-refractivity contribution < 1.29 is 22.5 Å². The molecule has 0 aliphatic carbocycles. The highest BCUT2D eigenvalue weighted by Gasteiger charge is 2.30. The maximum Gasteiger partial charge on any atom is 0.416 e. The summed E-state index contributed by atoms with van der Waals surface area (Å²) in [5.41, 5.74) is 1.57. The molecule has 1 amide bonds. The van der Waals surface area contributed by atoms with E-state index in [4.69, 9.17) is 4.52 Å². The van der Waals surface area contributed by atoms with Crippen LogP contribution in [-0.4, -0.2) is 18.1 Å². The molecule has 164 valence electrons. The SMILES string of the molecule is CNC(=O)C(NC(CCc1ccc(C(F)(F)F)cc1)c1cc(C)no1)c1ccccc1. The minimum atomic E-state index is -4.36. The third-order valence-electron chi connectivity index (χ3n) is 5.00. The number of nitrogens with zero attached hydrogens (tertiary/aromatic N) is 1. The van der Waals surface area contributed by atoms with Gasteiger partial charge in [0.25, 0.3) is 0 Å². The number of alkyl halides is 3. The number of hydrogen-bond acceptors (Lipinski definition) is 4. The van der Waals surface area contributed by atoms with Crippen molar-refractivity contribution in [3.8, 4) is 0 Å². The van der Waals surface area contributed by atoms with E-state index in [9.17, 15) is 18.0 Å². The molecule has 2 atom stereocenters. The average Bonchev–Trinajstić information content (AvgIpc) is 3.20. The molecule has 1 aromatic heterocycles. The Hall–Kier alpha value is -3.13. The Morgan fingerprint density at radius 2 is 1.77 bits per heavy atom. The minimum Gasteiger partial charge on any atom is -0.359 e. The average molecular weight is 431 g/mol. The smallest absolute Gasteiger partial charge is 0.359 e. The highest BCUT2D eigenvalue weighted by molar-refractivity contribution is 5.82. The molecule has 0 saturated carbocycles. The number of rotatable bonds is 8. The lowest BCUT2D eigenvalue weighted by Gasteiger charge is -2.24. The monoisotopic (exact) mass is 431 g/mol. The second-order valence-corrected chi connectivity index (χ2v) is 7.28. The lowest BCUT2D eigenvalue weighted by molar-refractivity contribution is -0.137. The van der Waals surface area contributed by atoms with Crippen molar-refractivity contribution in [3.63, 3.8) is 0 Å².